The highest BCUT2D eigenvalue weighted by molar-refractivity contribution is 5.71. The van der Waals surface area contributed by atoms with E-state index < -0.39 is 0 Å². The number of piperazine rings is 1. The van der Waals surface area contributed by atoms with E-state index in [0.29, 0.717) is 0 Å². The Labute approximate surface area is 178 Å². The Hall–Kier alpha value is -2.60. The number of para-hydroxylation sites is 1. The maximum atomic E-state index is 5.55. The zero-order valence-corrected chi connectivity index (χ0v) is 18.0. The molecule has 2 fully saturated rings. The number of hydrogen-bond donors (Lipinski definition) is 0. The molecule has 2 aliphatic rings. The fourth-order valence-corrected chi connectivity index (χ4v) is 5.06. The topological polar surface area (TPSA) is 45.9 Å². The molecule has 5 rings (SSSR count). The first-order valence-electron chi connectivity index (χ1n) is 11.2. The zero-order chi connectivity index (χ0) is 20.5. The van der Waals surface area contributed by atoms with E-state index in [-0.39, 0.29) is 0 Å². The molecule has 0 bridgehead atoms. The molecule has 6 nitrogen and oxygen atoms in total. The molecule has 0 unspecified atom stereocenters. The standard InChI is InChI=1S/C24H31N5O/c1-18-16-24(28-14-12-27(13-15-28)19-8-4-3-5-9-19)29-23(25-18)17-21(26-29)20-10-6-7-11-22(20)30-2/h6-7,10-11,16-17,19H,3-5,8-9,12-15H2,1-2H3. The Kier molecular flexibility index (Phi) is 5.34. The molecule has 0 spiro atoms. The van der Waals surface area contributed by atoms with Crippen molar-refractivity contribution in [3.8, 4) is 17.0 Å². The summed E-state index contributed by atoms with van der Waals surface area (Å²) in [5, 5.41) is 4.94. The van der Waals surface area contributed by atoms with Crippen LogP contribution in [0, 0.1) is 6.92 Å². The summed E-state index contributed by atoms with van der Waals surface area (Å²) < 4.78 is 7.55. The number of benzene rings is 1. The van der Waals surface area contributed by atoms with Gasteiger partial charge < -0.3 is 9.64 Å². The minimum absolute atomic E-state index is 0.793. The predicted molar refractivity (Wildman–Crippen MR) is 120 cm³/mol. The van der Waals surface area contributed by atoms with Crippen LogP contribution >= 0.6 is 0 Å². The van der Waals surface area contributed by atoms with Gasteiger partial charge in [-0.3, -0.25) is 4.90 Å². The van der Waals surface area contributed by atoms with Gasteiger partial charge in [0.15, 0.2) is 5.65 Å². The molecule has 1 aliphatic heterocycles. The van der Waals surface area contributed by atoms with Crippen LogP contribution in [0.3, 0.4) is 0 Å². The van der Waals surface area contributed by atoms with Crippen molar-refractivity contribution in [3.05, 3.63) is 42.1 Å². The number of nitrogens with zero attached hydrogens (tertiary/aromatic N) is 5. The van der Waals surface area contributed by atoms with Gasteiger partial charge in [-0.25, -0.2) is 4.98 Å². The lowest BCUT2D eigenvalue weighted by atomic mass is 9.94. The Morgan fingerprint density at radius 2 is 1.73 bits per heavy atom. The van der Waals surface area contributed by atoms with Crippen LogP contribution in [0.2, 0.25) is 0 Å². The maximum absolute atomic E-state index is 5.55. The number of rotatable bonds is 4. The molecule has 30 heavy (non-hydrogen) atoms. The average molecular weight is 406 g/mol. The van der Waals surface area contributed by atoms with E-state index in [0.717, 1.165) is 66.4 Å². The van der Waals surface area contributed by atoms with Crippen molar-refractivity contribution >= 4 is 11.5 Å². The molecule has 6 heteroatoms. The van der Waals surface area contributed by atoms with Crippen molar-refractivity contribution in [1.82, 2.24) is 19.5 Å². The van der Waals surface area contributed by atoms with E-state index >= 15 is 0 Å². The molecule has 1 aromatic carbocycles. The number of hydrogen-bond acceptors (Lipinski definition) is 5. The smallest absolute Gasteiger partial charge is 0.158 e. The molecule has 3 aromatic rings. The zero-order valence-electron chi connectivity index (χ0n) is 18.0. The van der Waals surface area contributed by atoms with Crippen molar-refractivity contribution in [3.63, 3.8) is 0 Å². The summed E-state index contributed by atoms with van der Waals surface area (Å²) in [7, 11) is 1.70. The number of ether oxygens (including phenoxy) is 1. The van der Waals surface area contributed by atoms with E-state index in [2.05, 4.69) is 34.9 Å². The third-order valence-electron chi connectivity index (χ3n) is 6.65. The highest BCUT2D eigenvalue weighted by Crippen LogP contribution is 2.31. The SMILES string of the molecule is COc1ccccc1-c1cc2nc(C)cc(N3CCN(C4CCCCC4)CC3)n2n1. The Morgan fingerprint density at radius 1 is 0.967 bits per heavy atom. The summed E-state index contributed by atoms with van der Waals surface area (Å²) in [5.74, 6) is 1.97. The van der Waals surface area contributed by atoms with Gasteiger partial charge in [0, 0.05) is 55.6 Å². The fraction of sp³-hybridized carbons (Fsp3) is 0.500. The van der Waals surface area contributed by atoms with Gasteiger partial charge in [0.1, 0.15) is 11.6 Å². The van der Waals surface area contributed by atoms with Crippen LogP contribution in [-0.4, -0.2) is 58.8 Å². The van der Waals surface area contributed by atoms with Gasteiger partial charge in [-0.15, -0.1) is 0 Å². The second-order valence-corrected chi connectivity index (χ2v) is 8.57. The molecular formula is C24H31N5O. The van der Waals surface area contributed by atoms with Crippen LogP contribution in [0.1, 0.15) is 37.8 Å². The third-order valence-corrected chi connectivity index (χ3v) is 6.65. The summed E-state index contributed by atoms with van der Waals surface area (Å²) >= 11 is 0. The van der Waals surface area contributed by atoms with Crippen LogP contribution in [0.25, 0.3) is 16.9 Å². The molecular weight excluding hydrogens is 374 g/mol. The Balaban J connectivity index is 1.43. The lowest BCUT2D eigenvalue weighted by Gasteiger charge is -2.41. The first kappa shape index (κ1) is 19.4. The average Bonchev–Trinajstić information content (AvgIpc) is 3.23. The molecule has 1 saturated heterocycles. The lowest BCUT2D eigenvalue weighted by molar-refractivity contribution is 0.147. The normalized spacial score (nSPS) is 18.8. The van der Waals surface area contributed by atoms with E-state index in [1.54, 1.807) is 7.11 Å². The molecule has 1 saturated carbocycles. The second kappa shape index (κ2) is 8.26. The van der Waals surface area contributed by atoms with E-state index in [4.69, 9.17) is 14.8 Å². The molecule has 0 atom stereocenters. The minimum Gasteiger partial charge on any atom is -0.496 e. The van der Waals surface area contributed by atoms with E-state index in [9.17, 15) is 0 Å². The van der Waals surface area contributed by atoms with Crippen LogP contribution in [-0.2, 0) is 0 Å². The van der Waals surface area contributed by atoms with Crippen LogP contribution in [0.4, 0.5) is 5.82 Å². The quantitative estimate of drug-likeness (QED) is 0.652. The molecule has 2 aromatic heterocycles. The van der Waals surface area contributed by atoms with Crippen molar-refractivity contribution in [2.75, 3.05) is 38.2 Å². The molecule has 0 radical (unpaired) electrons. The fourth-order valence-electron chi connectivity index (χ4n) is 5.06. The highest BCUT2D eigenvalue weighted by Gasteiger charge is 2.26. The van der Waals surface area contributed by atoms with Gasteiger partial charge in [-0.1, -0.05) is 31.4 Å². The van der Waals surface area contributed by atoms with Gasteiger partial charge in [-0.2, -0.15) is 9.61 Å². The van der Waals surface area contributed by atoms with Crippen molar-refractivity contribution in [2.24, 2.45) is 0 Å². The summed E-state index contributed by atoms with van der Waals surface area (Å²) in [5.41, 5.74) is 3.81. The Bertz CT molecular complexity index is 1020. The molecule has 0 N–H and O–H groups in total. The van der Waals surface area contributed by atoms with Gasteiger partial charge in [0.2, 0.25) is 0 Å². The molecule has 0 amide bonds. The van der Waals surface area contributed by atoms with Gasteiger partial charge in [0.05, 0.1) is 12.8 Å². The van der Waals surface area contributed by atoms with Gasteiger partial charge in [-0.05, 0) is 31.9 Å². The molecule has 1 aliphatic carbocycles. The monoisotopic (exact) mass is 405 g/mol. The van der Waals surface area contributed by atoms with Gasteiger partial charge in [0.25, 0.3) is 0 Å². The van der Waals surface area contributed by atoms with Crippen molar-refractivity contribution < 1.29 is 4.74 Å². The number of anilines is 1. The largest absolute Gasteiger partial charge is 0.496 e. The van der Waals surface area contributed by atoms with Crippen LogP contribution in [0.15, 0.2) is 36.4 Å². The van der Waals surface area contributed by atoms with Crippen LogP contribution < -0.4 is 9.64 Å². The number of aromatic nitrogens is 3. The molecule has 3 heterocycles. The van der Waals surface area contributed by atoms with E-state index in [1.165, 1.54) is 32.1 Å². The number of aryl methyl sites for hydroxylation is 1. The summed E-state index contributed by atoms with van der Waals surface area (Å²) in [6, 6.07) is 13.1. The van der Waals surface area contributed by atoms with Crippen LogP contribution in [0.5, 0.6) is 5.75 Å². The summed E-state index contributed by atoms with van der Waals surface area (Å²) in [4.78, 5) is 9.93. The highest BCUT2D eigenvalue weighted by atomic mass is 16.5. The van der Waals surface area contributed by atoms with E-state index in [1.807, 2.05) is 22.7 Å². The Morgan fingerprint density at radius 3 is 2.50 bits per heavy atom. The predicted octanol–water partition coefficient (Wildman–Crippen LogP) is 4.17. The van der Waals surface area contributed by atoms with Crippen molar-refractivity contribution in [1.29, 1.82) is 0 Å². The summed E-state index contributed by atoms with van der Waals surface area (Å²) in [6.07, 6.45) is 6.96. The number of fused-ring (bicyclic) bond motifs is 1. The van der Waals surface area contributed by atoms with Gasteiger partial charge >= 0.3 is 0 Å². The lowest BCUT2D eigenvalue weighted by Crippen LogP contribution is -2.51. The second-order valence-electron chi connectivity index (χ2n) is 8.57. The first-order chi connectivity index (χ1) is 14.7. The third kappa shape index (κ3) is 3.65. The minimum atomic E-state index is 0.793. The first-order valence-corrected chi connectivity index (χ1v) is 11.2. The summed E-state index contributed by atoms with van der Waals surface area (Å²) in [6.45, 7) is 6.41. The maximum Gasteiger partial charge on any atom is 0.158 e. The number of methoxy groups -OCH3 is 1. The van der Waals surface area contributed by atoms with Crippen molar-refractivity contribution in [2.45, 2.75) is 45.1 Å². The molecule has 158 valence electrons.